The van der Waals surface area contributed by atoms with E-state index in [1.54, 1.807) is 0 Å². The summed E-state index contributed by atoms with van der Waals surface area (Å²) >= 11 is 0. The molecule has 0 bridgehead atoms. The van der Waals surface area contributed by atoms with Gasteiger partial charge in [-0.25, -0.2) is 0 Å². The monoisotopic (exact) mass is 311 g/mol. The van der Waals surface area contributed by atoms with E-state index < -0.39 is 0 Å². The Hall–Kier alpha value is -0.0400. The van der Waals surface area contributed by atoms with Crippen molar-refractivity contribution in [3.8, 4) is 0 Å². The summed E-state index contributed by atoms with van der Waals surface area (Å²) in [5.41, 5.74) is 0. The predicted molar refractivity (Wildman–Crippen MR) is 103 cm³/mol. The van der Waals surface area contributed by atoms with E-state index in [1.165, 1.54) is 103 Å². The Balaban J connectivity index is 3.50. The average Bonchev–Trinajstić information content (AvgIpc) is 2.53. The van der Waals surface area contributed by atoms with Gasteiger partial charge in [0.05, 0.1) is 0 Å². The minimum absolute atomic E-state index is 0.825. The van der Waals surface area contributed by atoms with Crippen molar-refractivity contribution in [3.63, 3.8) is 0 Å². The van der Waals surface area contributed by atoms with Gasteiger partial charge in [0.15, 0.2) is 0 Å². The summed E-state index contributed by atoms with van der Waals surface area (Å²) in [7, 11) is 2.35. The number of unbranched alkanes of at least 4 members (excludes halogenated alkanes) is 11. The van der Waals surface area contributed by atoms with Crippen LogP contribution < -0.4 is 0 Å². The average molecular weight is 312 g/mol. The quantitative estimate of drug-likeness (QED) is 0.257. The van der Waals surface area contributed by atoms with Gasteiger partial charge in [0.25, 0.3) is 0 Å². The first-order chi connectivity index (χ1) is 10.8. The maximum absolute atomic E-state index is 2.64. The van der Waals surface area contributed by atoms with Crippen LogP contribution in [0.3, 0.4) is 0 Å². The molecule has 134 valence electrons. The topological polar surface area (TPSA) is 3.24 Å². The van der Waals surface area contributed by atoms with Gasteiger partial charge in [-0.1, -0.05) is 97.8 Å². The van der Waals surface area contributed by atoms with E-state index in [1.807, 2.05) is 0 Å². The number of hydrogen-bond acceptors (Lipinski definition) is 1. The van der Waals surface area contributed by atoms with E-state index in [9.17, 15) is 0 Å². The number of nitrogens with zero attached hydrogens (tertiary/aromatic N) is 1. The van der Waals surface area contributed by atoms with Crippen molar-refractivity contribution in [2.75, 3.05) is 13.6 Å². The first-order valence-electron chi connectivity index (χ1n) is 10.5. The molecule has 0 aliphatic rings. The Morgan fingerprint density at radius 3 is 1.55 bits per heavy atom. The van der Waals surface area contributed by atoms with Crippen LogP contribution in [0.2, 0.25) is 0 Å². The SMILES string of the molecule is CCCCCCCCCCN(C)C(CC)CCCCCCC. The zero-order valence-corrected chi connectivity index (χ0v) is 16.3. The molecular weight excluding hydrogens is 266 g/mol. The molecule has 0 rings (SSSR count). The van der Waals surface area contributed by atoms with Gasteiger partial charge in [-0.15, -0.1) is 0 Å². The van der Waals surface area contributed by atoms with Crippen molar-refractivity contribution < 1.29 is 0 Å². The van der Waals surface area contributed by atoms with Crippen LogP contribution in [-0.4, -0.2) is 24.5 Å². The second-order valence-electron chi connectivity index (χ2n) is 7.22. The molecule has 0 N–H and O–H groups in total. The molecule has 0 fully saturated rings. The van der Waals surface area contributed by atoms with E-state index in [4.69, 9.17) is 0 Å². The van der Waals surface area contributed by atoms with Crippen LogP contribution in [0, 0.1) is 0 Å². The molecule has 0 aliphatic carbocycles. The Morgan fingerprint density at radius 1 is 0.591 bits per heavy atom. The minimum atomic E-state index is 0.825. The van der Waals surface area contributed by atoms with E-state index in [0.29, 0.717) is 0 Å². The fourth-order valence-electron chi connectivity index (χ4n) is 3.40. The molecule has 0 radical (unpaired) electrons. The Bertz CT molecular complexity index is 202. The van der Waals surface area contributed by atoms with Gasteiger partial charge in [-0.2, -0.15) is 0 Å². The summed E-state index contributed by atoms with van der Waals surface area (Å²) in [6.07, 6.45) is 21.3. The van der Waals surface area contributed by atoms with Crippen molar-refractivity contribution in [2.24, 2.45) is 0 Å². The van der Waals surface area contributed by atoms with Crippen molar-refractivity contribution in [1.82, 2.24) is 4.90 Å². The Labute approximate surface area is 142 Å². The van der Waals surface area contributed by atoms with E-state index in [0.717, 1.165) is 6.04 Å². The summed E-state index contributed by atoms with van der Waals surface area (Å²) in [4.78, 5) is 2.64. The number of hydrogen-bond donors (Lipinski definition) is 0. The molecule has 0 aromatic heterocycles. The highest BCUT2D eigenvalue weighted by molar-refractivity contribution is 4.67. The summed E-state index contributed by atoms with van der Waals surface area (Å²) in [5, 5.41) is 0. The highest BCUT2D eigenvalue weighted by atomic mass is 15.1. The van der Waals surface area contributed by atoms with Crippen molar-refractivity contribution >= 4 is 0 Å². The van der Waals surface area contributed by atoms with Gasteiger partial charge in [-0.3, -0.25) is 0 Å². The summed E-state index contributed by atoms with van der Waals surface area (Å²) in [5.74, 6) is 0. The molecule has 0 heterocycles. The number of rotatable bonds is 17. The molecule has 0 spiro atoms. The smallest absolute Gasteiger partial charge is 0.00895 e. The molecule has 1 atom stereocenters. The fraction of sp³-hybridized carbons (Fsp3) is 1.00. The molecular formula is C21H45N. The second-order valence-corrected chi connectivity index (χ2v) is 7.22. The molecule has 1 heteroatoms. The maximum Gasteiger partial charge on any atom is 0.00895 e. The molecule has 0 aliphatic heterocycles. The lowest BCUT2D eigenvalue weighted by molar-refractivity contribution is 0.215. The van der Waals surface area contributed by atoms with Crippen LogP contribution >= 0.6 is 0 Å². The minimum Gasteiger partial charge on any atom is -0.303 e. The van der Waals surface area contributed by atoms with Crippen LogP contribution in [-0.2, 0) is 0 Å². The van der Waals surface area contributed by atoms with Crippen LogP contribution in [0.4, 0.5) is 0 Å². The lowest BCUT2D eigenvalue weighted by atomic mass is 10.0. The molecule has 0 saturated heterocycles. The van der Waals surface area contributed by atoms with Crippen molar-refractivity contribution in [2.45, 2.75) is 123 Å². The van der Waals surface area contributed by atoms with Crippen LogP contribution in [0.1, 0.15) is 117 Å². The van der Waals surface area contributed by atoms with E-state index in [-0.39, 0.29) is 0 Å². The lowest BCUT2D eigenvalue weighted by Gasteiger charge is -2.27. The molecule has 0 aromatic rings. The summed E-state index contributed by atoms with van der Waals surface area (Å²) in [6.45, 7) is 8.26. The van der Waals surface area contributed by atoms with Crippen LogP contribution in [0.25, 0.3) is 0 Å². The molecule has 0 saturated carbocycles. The molecule has 22 heavy (non-hydrogen) atoms. The first kappa shape index (κ1) is 22.0. The normalized spacial score (nSPS) is 13.0. The van der Waals surface area contributed by atoms with Gasteiger partial charge >= 0.3 is 0 Å². The standard InChI is InChI=1S/C21H45N/c1-5-8-10-12-13-14-16-18-20-22(4)21(7-3)19-17-15-11-9-6-2/h21H,5-20H2,1-4H3. The highest BCUT2D eigenvalue weighted by Crippen LogP contribution is 2.15. The zero-order valence-electron chi connectivity index (χ0n) is 16.3. The molecule has 0 amide bonds. The zero-order chi connectivity index (χ0) is 16.5. The maximum atomic E-state index is 2.64. The third-order valence-electron chi connectivity index (χ3n) is 5.10. The van der Waals surface area contributed by atoms with Gasteiger partial charge < -0.3 is 4.90 Å². The fourth-order valence-corrected chi connectivity index (χ4v) is 3.40. The first-order valence-corrected chi connectivity index (χ1v) is 10.5. The lowest BCUT2D eigenvalue weighted by Crippen LogP contribution is -2.32. The van der Waals surface area contributed by atoms with E-state index in [2.05, 4.69) is 32.7 Å². The van der Waals surface area contributed by atoms with Gasteiger partial charge in [-0.05, 0) is 32.9 Å². The highest BCUT2D eigenvalue weighted by Gasteiger charge is 2.11. The summed E-state index contributed by atoms with van der Waals surface area (Å²) < 4.78 is 0. The molecule has 1 nitrogen and oxygen atoms in total. The van der Waals surface area contributed by atoms with E-state index >= 15 is 0 Å². The van der Waals surface area contributed by atoms with Gasteiger partial charge in [0.2, 0.25) is 0 Å². The van der Waals surface area contributed by atoms with Crippen LogP contribution in [0.5, 0.6) is 0 Å². The van der Waals surface area contributed by atoms with Crippen molar-refractivity contribution in [3.05, 3.63) is 0 Å². The Kier molecular flexibility index (Phi) is 17.3. The predicted octanol–water partition coefficient (Wildman–Crippen LogP) is 7.20. The van der Waals surface area contributed by atoms with Crippen molar-refractivity contribution in [1.29, 1.82) is 0 Å². The third-order valence-corrected chi connectivity index (χ3v) is 5.10. The molecule has 0 aromatic carbocycles. The van der Waals surface area contributed by atoms with Crippen LogP contribution in [0.15, 0.2) is 0 Å². The molecule has 1 unspecified atom stereocenters. The third kappa shape index (κ3) is 13.6. The van der Waals surface area contributed by atoms with Gasteiger partial charge in [0.1, 0.15) is 0 Å². The largest absolute Gasteiger partial charge is 0.303 e. The summed E-state index contributed by atoms with van der Waals surface area (Å²) in [6, 6.07) is 0.825. The Morgan fingerprint density at radius 2 is 1.05 bits per heavy atom. The second kappa shape index (κ2) is 17.3. The van der Waals surface area contributed by atoms with Gasteiger partial charge in [0, 0.05) is 6.04 Å².